The molecule has 1 unspecified atom stereocenters. The molecule has 1 atom stereocenters. The van der Waals surface area contributed by atoms with Crippen LogP contribution in [0.25, 0.3) is 0 Å². The lowest BCUT2D eigenvalue weighted by molar-refractivity contribution is -0.122. The minimum absolute atomic E-state index is 0.230. The maximum atomic E-state index is 12.1. The molecule has 0 radical (unpaired) electrons. The van der Waals surface area contributed by atoms with Crippen molar-refractivity contribution in [3.63, 3.8) is 0 Å². The van der Waals surface area contributed by atoms with E-state index in [4.69, 9.17) is 17.0 Å². The number of carbonyl (C=O) groups excluding carboxylic acids is 1. The maximum Gasteiger partial charge on any atom is 0.267 e. The van der Waals surface area contributed by atoms with E-state index in [0.717, 1.165) is 5.56 Å². The minimum atomic E-state index is -0.561. The molecule has 0 aliphatic heterocycles. The third-order valence-corrected chi connectivity index (χ3v) is 3.60. The third kappa shape index (κ3) is 3.88. The molecular formula is C13H15N3O2S2. The van der Waals surface area contributed by atoms with Crippen LogP contribution in [-0.2, 0) is 4.79 Å². The number of hydrogen-bond donors (Lipinski definition) is 2. The fourth-order valence-corrected chi connectivity index (χ4v) is 2.44. The van der Waals surface area contributed by atoms with Gasteiger partial charge in [0.15, 0.2) is 10.1 Å². The van der Waals surface area contributed by atoms with Gasteiger partial charge in [0.2, 0.25) is 5.13 Å². The van der Waals surface area contributed by atoms with Gasteiger partial charge in [0, 0.05) is 0 Å². The van der Waals surface area contributed by atoms with Crippen LogP contribution in [0.3, 0.4) is 0 Å². The number of nitrogens with one attached hydrogen (secondary N) is 2. The number of amides is 1. The Hall–Kier alpha value is -1.73. The summed E-state index contributed by atoms with van der Waals surface area (Å²) in [5.41, 5.74) is 1.09. The molecule has 0 aliphatic carbocycles. The number of carbonyl (C=O) groups is 1. The zero-order chi connectivity index (χ0) is 14.5. The Kier molecular flexibility index (Phi) is 4.86. The van der Waals surface area contributed by atoms with Crippen LogP contribution in [0.5, 0.6) is 5.75 Å². The van der Waals surface area contributed by atoms with Crippen LogP contribution in [0, 0.1) is 10.9 Å². The van der Waals surface area contributed by atoms with Gasteiger partial charge in [0.05, 0.1) is 0 Å². The van der Waals surface area contributed by atoms with Gasteiger partial charge < -0.3 is 4.74 Å². The first kappa shape index (κ1) is 14.7. The van der Waals surface area contributed by atoms with Crippen molar-refractivity contribution in [2.45, 2.75) is 26.4 Å². The Morgan fingerprint density at radius 3 is 3.00 bits per heavy atom. The van der Waals surface area contributed by atoms with Gasteiger partial charge in [0.1, 0.15) is 5.75 Å². The van der Waals surface area contributed by atoms with Crippen LogP contribution >= 0.6 is 23.6 Å². The second-order valence-corrected chi connectivity index (χ2v) is 5.90. The van der Waals surface area contributed by atoms with Gasteiger partial charge in [-0.2, -0.15) is 0 Å². The van der Waals surface area contributed by atoms with E-state index in [0.29, 0.717) is 21.3 Å². The van der Waals surface area contributed by atoms with E-state index in [-0.39, 0.29) is 5.91 Å². The van der Waals surface area contributed by atoms with Gasteiger partial charge in [-0.05, 0) is 43.3 Å². The average molecular weight is 309 g/mol. The SMILES string of the molecule is CCC(Oc1cccc(C)c1)C(=O)Nc1n[nH]c(=S)s1. The van der Waals surface area contributed by atoms with Crippen LogP contribution < -0.4 is 10.1 Å². The summed E-state index contributed by atoms with van der Waals surface area (Å²) in [6.45, 7) is 3.87. The van der Waals surface area contributed by atoms with Crippen molar-refractivity contribution in [3.8, 4) is 5.75 Å². The first-order chi connectivity index (χ1) is 9.58. The standard InChI is InChI=1S/C13H15N3O2S2/c1-3-10(18-9-6-4-5-8(2)7-9)11(17)14-12-15-16-13(19)20-12/h4-7,10H,3H2,1-2H3,(H,16,19)(H,14,15,17). The molecule has 106 valence electrons. The molecule has 2 N–H and O–H groups in total. The number of nitrogens with zero attached hydrogens (tertiary/aromatic N) is 1. The molecule has 0 aliphatic rings. The van der Waals surface area contributed by atoms with Crippen molar-refractivity contribution < 1.29 is 9.53 Å². The van der Waals surface area contributed by atoms with Crippen LogP contribution in [-0.4, -0.2) is 22.2 Å². The van der Waals surface area contributed by atoms with Crippen molar-refractivity contribution in [3.05, 3.63) is 33.8 Å². The summed E-state index contributed by atoms with van der Waals surface area (Å²) in [4.78, 5) is 12.1. The van der Waals surface area contributed by atoms with Crippen molar-refractivity contribution in [1.29, 1.82) is 0 Å². The lowest BCUT2D eigenvalue weighted by atomic mass is 10.2. The summed E-state index contributed by atoms with van der Waals surface area (Å²) in [5.74, 6) is 0.452. The number of rotatable bonds is 5. The fraction of sp³-hybridized carbons (Fsp3) is 0.308. The van der Waals surface area contributed by atoms with Crippen molar-refractivity contribution >= 4 is 34.6 Å². The molecule has 1 heterocycles. The summed E-state index contributed by atoms with van der Waals surface area (Å²) < 4.78 is 6.24. The monoisotopic (exact) mass is 309 g/mol. The highest BCUT2D eigenvalue weighted by molar-refractivity contribution is 7.73. The van der Waals surface area contributed by atoms with E-state index in [1.165, 1.54) is 11.3 Å². The van der Waals surface area contributed by atoms with Gasteiger partial charge in [0.25, 0.3) is 5.91 Å². The van der Waals surface area contributed by atoms with Gasteiger partial charge in [-0.3, -0.25) is 15.2 Å². The molecule has 1 aromatic heterocycles. The molecule has 2 rings (SSSR count). The van der Waals surface area contributed by atoms with Crippen LogP contribution in [0.1, 0.15) is 18.9 Å². The second-order valence-electron chi connectivity index (χ2n) is 4.24. The van der Waals surface area contributed by atoms with Gasteiger partial charge in [-0.25, -0.2) is 0 Å². The van der Waals surface area contributed by atoms with Crippen LogP contribution in [0.4, 0.5) is 5.13 Å². The molecule has 2 aromatic rings. The number of aromatic nitrogens is 2. The topological polar surface area (TPSA) is 67.0 Å². The number of H-pyrrole nitrogens is 1. The summed E-state index contributed by atoms with van der Waals surface area (Å²) in [6.07, 6.45) is 0.00422. The number of hydrogen-bond acceptors (Lipinski definition) is 5. The number of ether oxygens (including phenoxy) is 1. The molecule has 0 fully saturated rings. The highest BCUT2D eigenvalue weighted by Crippen LogP contribution is 2.17. The molecule has 1 amide bonds. The first-order valence-corrected chi connectivity index (χ1v) is 7.40. The van der Waals surface area contributed by atoms with Crippen LogP contribution in [0.15, 0.2) is 24.3 Å². The Bertz CT molecular complexity index is 651. The first-order valence-electron chi connectivity index (χ1n) is 6.18. The van der Waals surface area contributed by atoms with E-state index in [1.54, 1.807) is 0 Å². The highest BCUT2D eigenvalue weighted by Gasteiger charge is 2.19. The smallest absolute Gasteiger partial charge is 0.267 e. The normalized spacial score (nSPS) is 11.9. The van der Waals surface area contributed by atoms with Crippen molar-refractivity contribution in [2.24, 2.45) is 0 Å². The number of anilines is 1. The quantitative estimate of drug-likeness (QED) is 0.832. The summed E-state index contributed by atoms with van der Waals surface area (Å²) >= 11 is 6.13. The minimum Gasteiger partial charge on any atom is -0.481 e. The van der Waals surface area contributed by atoms with E-state index in [9.17, 15) is 4.79 Å². The highest BCUT2D eigenvalue weighted by atomic mass is 32.1. The van der Waals surface area contributed by atoms with Crippen LogP contribution in [0.2, 0.25) is 0 Å². The molecule has 1 aromatic carbocycles. The fourth-order valence-electron chi connectivity index (χ4n) is 1.64. The molecule has 0 spiro atoms. The zero-order valence-electron chi connectivity index (χ0n) is 11.2. The summed E-state index contributed by atoms with van der Waals surface area (Å²) in [6, 6.07) is 7.61. The Morgan fingerprint density at radius 1 is 1.60 bits per heavy atom. The van der Waals surface area contributed by atoms with Gasteiger partial charge in [-0.15, -0.1) is 5.10 Å². The lowest BCUT2D eigenvalue weighted by Crippen LogP contribution is -2.32. The Balaban J connectivity index is 2.04. The predicted octanol–water partition coefficient (Wildman–Crippen LogP) is 3.31. The summed E-state index contributed by atoms with van der Waals surface area (Å²) in [5, 5.41) is 9.66. The van der Waals surface area contributed by atoms with E-state index in [1.807, 2.05) is 38.1 Å². The van der Waals surface area contributed by atoms with Gasteiger partial charge >= 0.3 is 0 Å². The van der Waals surface area contributed by atoms with E-state index >= 15 is 0 Å². The molecule has 0 bridgehead atoms. The van der Waals surface area contributed by atoms with E-state index < -0.39 is 6.10 Å². The Morgan fingerprint density at radius 2 is 2.40 bits per heavy atom. The van der Waals surface area contributed by atoms with Crippen molar-refractivity contribution in [1.82, 2.24) is 10.2 Å². The Labute approximate surface area is 126 Å². The second kappa shape index (κ2) is 6.62. The number of benzene rings is 1. The average Bonchev–Trinajstić information content (AvgIpc) is 2.81. The van der Waals surface area contributed by atoms with Gasteiger partial charge in [-0.1, -0.05) is 30.4 Å². The summed E-state index contributed by atoms with van der Waals surface area (Å²) in [7, 11) is 0. The number of aryl methyl sites for hydroxylation is 1. The van der Waals surface area contributed by atoms with E-state index in [2.05, 4.69) is 15.5 Å². The molecule has 20 heavy (non-hydrogen) atoms. The number of aromatic amines is 1. The molecule has 0 saturated carbocycles. The van der Waals surface area contributed by atoms with Crippen molar-refractivity contribution in [2.75, 3.05) is 5.32 Å². The molecule has 0 saturated heterocycles. The lowest BCUT2D eigenvalue weighted by Gasteiger charge is -2.16. The largest absolute Gasteiger partial charge is 0.481 e. The third-order valence-electron chi connectivity index (χ3n) is 2.60. The molecular weight excluding hydrogens is 294 g/mol. The zero-order valence-corrected chi connectivity index (χ0v) is 12.8. The molecule has 5 nitrogen and oxygen atoms in total. The maximum absolute atomic E-state index is 12.1. The molecule has 7 heteroatoms. The predicted molar refractivity (Wildman–Crippen MR) is 81.8 cm³/mol.